The minimum Gasteiger partial charge on any atom is -0.491 e. The van der Waals surface area contributed by atoms with Gasteiger partial charge in [0.25, 0.3) is 0 Å². The first-order chi connectivity index (χ1) is 13.1. The summed E-state index contributed by atoms with van der Waals surface area (Å²) in [4.78, 5) is 0. The summed E-state index contributed by atoms with van der Waals surface area (Å²) in [5.41, 5.74) is 2.51. The van der Waals surface area contributed by atoms with Gasteiger partial charge in [-0.05, 0) is 43.0 Å². The lowest BCUT2D eigenvalue weighted by molar-refractivity contribution is -0.193. The van der Waals surface area contributed by atoms with Crippen LogP contribution < -0.4 is 4.74 Å². The summed E-state index contributed by atoms with van der Waals surface area (Å²) in [6.07, 6.45) is 2.53. The highest BCUT2D eigenvalue weighted by atomic mass is 19.2. The van der Waals surface area contributed by atoms with Crippen LogP contribution in [0.5, 0.6) is 5.75 Å². The number of benzene rings is 2. The number of halogens is 2. The van der Waals surface area contributed by atoms with Crippen LogP contribution in [0.25, 0.3) is 0 Å². The molecule has 1 heterocycles. The molecule has 0 N–H and O–H groups in total. The number of rotatable bonds is 7. The van der Waals surface area contributed by atoms with Crippen molar-refractivity contribution in [3.63, 3.8) is 0 Å². The summed E-state index contributed by atoms with van der Waals surface area (Å²) in [5, 5.41) is 0. The van der Waals surface area contributed by atoms with E-state index in [9.17, 15) is 8.78 Å². The van der Waals surface area contributed by atoms with Gasteiger partial charge in [-0.15, -0.1) is 0 Å². The van der Waals surface area contributed by atoms with Crippen molar-refractivity contribution in [1.82, 2.24) is 0 Å². The summed E-state index contributed by atoms with van der Waals surface area (Å²) >= 11 is 0. The Morgan fingerprint density at radius 2 is 1.67 bits per heavy atom. The molecule has 0 saturated carbocycles. The Balaban J connectivity index is 1.63. The zero-order valence-electron chi connectivity index (χ0n) is 15.8. The van der Waals surface area contributed by atoms with Gasteiger partial charge in [0.1, 0.15) is 0 Å². The van der Waals surface area contributed by atoms with Gasteiger partial charge in [-0.2, -0.15) is 4.39 Å². The second-order valence-electron chi connectivity index (χ2n) is 6.75. The van der Waals surface area contributed by atoms with E-state index in [0.29, 0.717) is 13.2 Å². The molecule has 0 aromatic heterocycles. The third kappa shape index (κ3) is 4.66. The number of unbranched alkanes of at least 4 members (excludes halogenated alkanes) is 1. The average Bonchev–Trinajstić information content (AvgIpc) is 2.71. The molecule has 0 atom stereocenters. The van der Waals surface area contributed by atoms with Crippen LogP contribution in [0.2, 0.25) is 0 Å². The topological polar surface area (TPSA) is 27.7 Å². The molecule has 2 aromatic carbocycles. The molecule has 3 nitrogen and oxygen atoms in total. The quantitative estimate of drug-likeness (QED) is 0.635. The molecule has 0 unspecified atom stereocenters. The molecule has 0 aliphatic carbocycles. The van der Waals surface area contributed by atoms with Gasteiger partial charge in [-0.25, -0.2) is 4.39 Å². The van der Waals surface area contributed by atoms with Crippen LogP contribution in [-0.4, -0.2) is 19.8 Å². The summed E-state index contributed by atoms with van der Waals surface area (Å²) in [6, 6.07) is 11.3. The maximum Gasteiger partial charge on any atom is 0.201 e. The summed E-state index contributed by atoms with van der Waals surface area (Å²) < 4.78 is 44.8. The molecule has 5 heteroatoms. The third-order valence-electron chi connectivity index (χ3n) is 4.80. The van der Waals surface area contributed by atoms with Crippen molar-refractivity contribution in [3.05, 3.63) is 64.7 Å². The number of hydrogen-bond donors (Lipinski definition) is 0. The zero-order valence-corrected chi connectivity index (χ0v) is 15.8. The second kappa shape index (κ2) is 9.29. The molecule has 1 saturated heterocycles. The molecular weight excluding hydrogens is 350 g/mol. The minimum atomic E-state index is -1.01. The molecule has 0 bridgehead atoms. The molecule has 2 aromatic rings. The molecule has 0 spiro atoms. The van der Waals surface area contributed by atoms with Crippen molar-refractivity contribution in [2.45, 2.75) is 45.3 Å². The fourth-order valence-electron chi connectivity index (χ4n) is 3.21. The van der Waals surface area contributed by atoms with E-state index in [1.807, 2.05) is 0 Å². The summed E-state index contributed by atoms with van der Waals surface area (Å²) in [7, 11) is 0. The van der Waals surface area contributed by atoms with Crippen molar-refractivity contribution < 1.29 is 23.0 Å². The van der Waals surface area contributed by atoms with E-state index in [-0.39, 0.29) is 23.8 Å². The van der Waals surface area contributed by atoms with E-state index in [2.05, 4.69) is 31.2 Å². The van der Waals surface area contributed by atoms with Crippen LogP contribution in [0.3, 0.4) is 0 Å². The standard InChI is InChI=1S/C22H26F2O3/c1-3-5-6-15-7-9-16(10-8-15)17-13-26-22(27-14-17)18-11-12-19(25-4-2)21(24)20(18)23/h7-12,17,22H,3-6,13-14H2,1-2H3. The Hall–Kier alpha value is -1.98. The van der Waals surface area contributed by atoms with Crippen LogP contribution >= 0.6 is 0 Å². The van der Waals surface area contributed by atoms with Crippen LogP contribution in [0.15, 0.2) is 36.4 Å². The molecule has 146 valence electrons. The molecule has 1 fully saturated rings. The highest BCUT2D eigenvalue weighted by Crippen LogP contribution is 2.34. The Morgan fingerprint density at radius 3 is 2.30 bits per heavy atom. The third-order valence-corrected chi connectivity index (χ3v) is 4.80. The van der Waals surface area contributed by atoms with Crippen LogP contribution in [0.4, 0.5) is 8.78 Å². The minimum absolute atomic E-state index is 0.0596. The van der Waals surface area contributed by atoms with Gasteiger partial charge in [-0.3, -0.25) is 0 Å². The van der Waals surface area contributed by atoms with E-state index in [1.54, 1.807) is 6.92 Å². The number of ether oxygens (including phenoxy) is 3. The van der Waals surface area contributed by atoms with E-state index >= 15 is 0 Å². The lowest BCUT2D eigenvalue weighted by Crippen LogP contribution is -2.26. The Labute approximate surface area is 159 Å². The number of hydrogen-bond acceptors (Lipinski definition) is 3. The van der Waals surface area contributed by atoms with Gasteiger partial charge in [0.2, 0.25) is 5.82 Å². The van der Waals surface area contributed by atoms with Crippen molar-refractivity contribution >= 4 is 0 Å². The highest BCUT2D eigenvalue weighted by Gasteiger charge is 2.28. The Kier molecular flexibility index (Phi) is 6.80. The molecular formula is C22H26F2O3. The molecule has 0 amide bonds. The monoisotopic (exact) mass is 376 g/mol. The largest absolute Gasteiger partial charge is 0.491 e. The zero-order chi connectivity index (χ0) is 19.2. The lowest BCUT2D eigenvalue weighted by atomic mass is 9.97. The van der Waals surface area contributed by atoms with E-state index in [4.69, 9.17) is 14.2 Å². The fraction of sp³-hybridized carbons (Fsp3) is 0.455. The van der Waals surface area contributed by atoms with Crippen molar-refractivity contribution in [3.8, 4) is 5.75 Å². The fourth-order valence-corrected chi connectivity index (χ4v) is 3.21. The van der Waals surface area contributed by atoms with Gasteiger partial charge < -0.3 is 14.2 Å². The summed E-state index contributed by atoms with van der Waals surface area (Å²) in [5.74, 6) is -2.01. The number of aryl methyl sites for hydroxylation is 1. The predicted molar refractivity (Wildman–Crippen MR) is 100.0 cm³/mol. The van der Waals surface area contributed by atoms with Gasteiger partial charge >= 0.3 is 0 Å². The lowest BCUT2D eigenvalue weighted by Gasteiger charge is -2.30. The maximum atomic E-state index is 14.3. The van der Waals surface area contributed by atoms with Gasteiger partial charge in [0, 0.05) is 11.5 Å². The first kappa shape index (κ1) is 19.8. The van der Waals surface area contributed by atoms with Gasteiger partial charge in [-0.1, -0.05) is 37.6 Å². The van der Waals surface area contributed by atoms with Crippen molar-refractivity contribution in [2.24, 2.45) is 0 Å². The molecule has 1 aliphatic heterocycles. The highest BCUT2D eigenvalue weighted by molar-refractivity contribution is 5.32. The van der Waals surface area contributed by atoms with Crippen LogP contribution in [0, 0.1) is 11.6 Å². The first-order valence-corrected chi connectivity index (χ1v) is 9.56. The molecule has 27 heavy (non-hydrogen) atoms. The Morgan fingerprint density at radius 1 is 0.963 bits per heavy atom. The molecule has 0 radical (unpaired) electrons. The summed E-state index contributed by atoms with van der Waals surface area (Å²) in [6.45, 7) is 4.96. The van der Waals surface area contributed by atoms with E-state index < -0.39 is 17.9 Å². The SMILES string of the molecule is CCCCc1ccc(C2COC(c3ccc(OCC)c(F)c3F)OC2)cc1. The molecule has 1 aliphatic rings. The average molecular weight is 376 g/mol. The van der Waals surface area contributed by atoms with E-state index in [1.165, 1.54) is 30.5 Å². The second-order valence-corrected chi connectivity index (χ2v) is 6.75. The first-order valence-electron chi connectivity index (χ1n) is 9.56. The Bertz CT molecular complexity index is 738. The predicted octanol–water partition coefficient (Wildman–Crippen LogP) is 5.54. The maximum absolute atomic E-state index is 14.3. The van der Waals surface area contributed by atoms with E-state index in [0.717, 1.165) is 12.0 Å². The smallest absolute Gasteiger partial charge is 0.201 e. The molecule has 3 rings (SSSR count). The van der Waals surface area contributed by atoms with Crippen molar-refractivity contribution in [1.29, 1.82) is 0 Å². The normalized spacial score (nSPS) is 19.9. The van der Waals surface area contributed by atoms with Gasteiger partial charge in [0.05, 0.1) is 19.8 Å². The van der Waals surface area contributed by atoms with Crippen LogP contribution in [-0.2, 0) is 15.9 Å². The van der Waals surface area contributed by atoms with Crippen molar-refractivity contribution in [2.75, 3.05) is 19.8 Å². The van der Waals surface area contributed by atoms with Crippen LogP contribution in [0.1, 0.15) is 55.6 Å². The van der Waals surface area contributed by atoms with Gasteiger partial charge in [0.15, 0.2) is 17.9 Å².